The van der Waals surface area contributed by atoms with Crippen molar-refractivity contribution in [1.82, 2.24) is 10.2 Å². The number of likely N-dealkylation sites (N-methyl/N-ethyl adjacent to an activating group) is 1. The van der Waals surface area contributed by atoms with Crippen LogP contribution in [0.2, 0.25) is 0 Å². The first kappa shape index (κ1) is 8.92. The predicted octanol–water partition coefficient (Wildman–Crippen LogP) is 0.561. The Morgan fingerprint density at radius 1 is 1.33 bits per heavy atom. The van der Waals surface area contributed by atoms with Gasteiger partial charge in [-0.1, -0.05) is 0 Å². The molecule has 0 aliphatic rings. The average Bonchev–Trinajstić information content (AvgIpc) is 1.63. The zero-order valence-corrected chi connectivity index (χ0v) is 6.89. The fraction of sp³-hybridized carbons (Fsp3) is 1.00. The van der Waals surface area contributed by atoms with Crippen LogP contribution in [0.4, 0.5) is 0 Å². The van der Waals surface area contributed by atoms with Gasteiger partial charge in [0.15, 0.2) is 0 Å². The monoisotopic (exact) mass is 129 g/mol. The summed E-state index contributed by atoms with van der Waals surface area (Å²) in [5.74, 6) is 0. The third-order valence-electron chi connectivity index (χ3n) is 1.04. The van der Waals surface area contributed by atoms with Crippen LogP contribution in [0.5, 0.6) is 0 Å². The summed E-state index contributed by atoms with van der Waals surface area (Å²) in [5, 5.41) is 4.32. The second-order valence-electron chi connectivity index (χ2n) is 2.80. The van der Waals surface area contributed by atoms with Crippen LogP contribution in [-0.2, 0) is 0 Å². The van der Waals surface area contributed by atoms with Crippen molar-refractivity contribution < 1.29 is 0 Å². The van der Waals surface area contributed by atoms with Crippen LogP contribution in [-0.4, -0.2) is 38.1 Å². The molecule has 0 N–H and O–H groups in total. The van der Waals surface area contributed by atoms with Crippen LogP contribution in [0, 0.1) is 0 Å². The highest BCUT2D eigenvalue weighted by atomic mass is 15.1. The van der Waals surface area contributed by atoms with E-state index in [0.29, 0.717) is 6.04 Å². The van der Waals surface area contributed by atoms with E-state index in [1.54, 1.807) is 0 Å². The third-order valence-corrected chi connectivity index (χ3v) is 1.04. The highest BCUT2D eigenvalue weighted by molar-refractivity contribution is 4.53. The summed E-state index contributed by atoms with van der Waals surface area (Å²) in [4.78, 5) is 2.14. The topological polar surface area (TPSA) is 17.3 Å². The van der Waals surface area contributed by atoms with Crippen LogP contribution in [0.25, 0.3) is 0 Å². The minimum Gasteiger partial charge on any atom is -0.308 e. The van der Waals surface area contributed by atoms with Gasteiger partial charge in [0.2, 0.25) is 0 Å². The Morgan fingerprint density at radius 3 is 2.22 bits per heavy atom. The van der Waals surface area contributed by atoms with Crippen molar-refractivity contribution >= 4 is 0 Å². The van der Waals surface area contributed by atoms with Crippen LogP contribution in [0.3, 0.4) is 0 Å². The van der Waals surface area contributed by atoms with Crippen LogP contribution >= 0.6 is 0 Å². The highest BCUT2D eigenvalue weighted by Crippen LogP contribution is 1.79. The maximum Gasteiger partial charge on any atom is 0.0264 e. The second kappa shape index (κ2) is 4.77. The van der Waals surface area contributed by atoms with Gasteiger partial charge in [-0.3, -0.25) is 0 Å². The molecule has 0 aliphatic carbocycles. The van der Waals surface area contributed by atoms with E-state index in [4.69, 9.17) is 0 Å². The average molecular weight is 129 g/mol. The summed E-state index contributed by atoms with van der Waals surface area (Å²) in [7, 11) is 4.13. The van der Waals surface area contributed by atoms with E-state index >= 15 is 0 Å². The van der Waals surface area contributed by atoms with E-state index in [-0.39, 0.29) is 0 Å². The number of hydrogen-bond acceptors (Lipinski definition) is 1. The Bertz CT molecular complexity index is 51.9. The lowest BCUT2D eigenvalue weighted by molar-refractivity contribution is 0.388. The SMILES string of the molecule is CC(C)[N]CCN(C)C. The van der Waals surface area contributed by atoms with E-state index in [0.717, 1.165) is 13.1 Å². The molecule has 0 atom stereocenters. The van der Waals surface area contributed by atoms with Crippen molar-refractivity contribution in [2.75, 3.05) is 27.2 Å². The molecule has 2 heteroatoms. The Morgan fingerprint density at radius 2 is 1.89 bits per heavy atom. The molecule has 0 spiro atoms. The van der Waals surface area contributed by atoms with Gasteiger partial charge in [0, 0.05) is 19.1 Å². The molecule has 0 unspecified atom stereocenters. The molecule has 0 aromatic carbocycles. The standard InChI is InChI=1S/C7H17N2/c1-7(2)8-5-6-9(3)4/h7H,5-6H2,1-4H3. The van der Waals surface area contributed by atoms with Gasteiger partial charge in [-0.15, -0.1) is 0 Å². The lowest BCUT2D eigenvalue weighted by Crippen LogP contribution is -2.25. The molecular weight excluding hydrogens is 112 g/mol. The molecule has 0 aromatic heterocycles. The number of hydrogen-bond donors (Lipinski definition) is 0. The van der Waals surface area contributed by atoms with Gasteiger partial charge in [0.25, 0.3) is 0 Å². The third kappa shape index (κ3) is 7.92. The minimum absolute atomic E-state index is 0.491. The van der Waals surface area contributed by atoms with Gasteiger partial charge in [0.05, 0.1) is 0 Å². The predicted molar refractivity (Wildman–Crippen MR) is 40.7 cm³/mol. The number of rotatable bonds is 4. The van der Waals surface area contributed by atoms with E-state index in [1.165, 1.54) is 0 Å². The van der Waals surface area contributed by atoms with Crippen molar-refractivity contribution in [1.29, 1.82) is 0 Å². The van der Waals surface area contributed by atoms with Crippen molar-refractivity contribution in [2.45, 2.75) is 19.9 Å². The molecule has 9 heavy (non-hydrogen) atoms. The normalized spacial score (nSPS) is 11.3. The molecule has 0 bridgehead atoms. The molecule has 0 heterocycles. The zero-order chi connectivity index (χ0) is 7.28. The molecule has 0 amide bonds. The molecule has 0 aliphatic heterocycles. The summed E-state index contributed by atoms with van der Waals surface area (Å²) in [6.07, 6.45) is 0. The zero-order valence-electron chi connectivity index (χ0n) is 6.89. The Kier molecular flexibility index (Phi) is 4.72. The quantitative estimate of drug-likeness (QED) is 0.542. The van der Waals surface area contributed by atoms with Crippen molar-refractivity contribution in [2.24, 2.45) is 0 Å². The van der Waals surface area contributed by atoms with E-state index in [9.17, 15) is 0 Å². The van der Waals surface area contributed by atoms with E-state index in [1.807, 2.05) is 0 Å². The molecule has 0 aromatic rings. The van der Waals surface area contributed by atoms with Crippen molar-refractivity contribution in [3.8, 4) is 0 Å². The molecule has 0 saturated carbocycles. The molecule has 1 radical (unpaired) electrons. The Balaban J connectivity index is 2.91. The summed E-state index contributed by atoms with van der Waals surface area (Å²) in [5.41, 5.74) is 0. The smallest absolute Gasteiger partial charge is 0.0264 e. The first-order valence-electron chi connectivity index (χ1n) is 3.44. The van der Waals surface area contributed by atoms with Crippen LogP contribution < -0.4 is 5.32 Å². The second-order valence-corrected chi connectivity index (χ2v) is 2.80. The summed E-state index contributed by atoms with van der Waals surface area (Å²) < 4.78 is 0. The molecule has 0 rings (SSSR count). The molecule has 2 nitrogen and oxygen atoms in total. The molecule has 55 valence electrons. The lowest BCUT2D eigenvalue weighted by Gasteiger charge is -2.10. The highest BCUT2D eigenvalue weighted by Gasteiger charge is 1.93. The fourth-order valence-electron chi connectivity index (χ4n) is 0.516. The summed E-state index contributed by atoms with van der Waals surface area (Å²) >= 11 is 0. The number of nitrogens with zero attached hydrogens (tertiary/aromatic N) is 2. The maximum absolute atomic E-state index is 4.32. The molecule has 0 fully saturated rings. The maximum atomic E-state index is 4.32. The largest absolute Gasteiger partial charge is 0.308 e. The van der Waals surface area contributed by atoms with Crippen molar-refractivity contribution in [3.63, 3.8) is 0 Å². The molecular formula is C7H17N2. The van der Waals surface area contributed by atoms with Gasteiger partial charge >= 0.3 is 0 Å². The molecule has 0 saturated heterocycles. The van der Waals surface area contributed by atoms with Gasteiger partial charge in [-0.2, -0.15) is 0 Å². The van der Waals surface area contributed by atoms with Gasteiger partial charge in [0.1, 0.15) is 0 Å². The Labute approximate surface area is 58.2 Å². The van der Waals surface area contributed by atoms with E-state index < -0.39 is 0 Å². The first-order chi connectivity index (χ1) is 4.13. The fourth-order valence-corrected chi connectivity index (χ4v) is 0.516. The minimum atomic E-state index is 0.491. The van der Waals surface area contributed by atoms with Crippen molar-refractivity contribution in [3.05, 3.63) is 0 Å². The van der Waals surface area contributed by atoms with Gasteiger partial charge in [-0.25, -0.2) is 5.32 Å². The van der Waals surface area contributed by atoms with Gasteiger partial charge < -0.3 is 4.90 Å². The van der Waals surface area contributed by atoms with E-state index in [2.05, 4.69) is 38.2 Å². The summed E-state index contributed by atoms with van der Waals surface area (Å²) in [6.45, 7) is 6.24. The van der Waals surface area contributed by atoms with Gasteiger partial charge in [-0.05, 0) is 27.9 Å². The van der Waals surface area contributed by atoms with Crippen LogP contribution in [0.1, 0.15) is 13.8 Å². The Hall–Kier alpha value is -0.0800. The first-order valence-corrected chi connectivity index (χ1v) is 3.44. The van der Waals surface area contributed by atoms with Crippen LogP contribution in [0.15, 0.2) is 0 Å². The summed E-state index contributed by atoms with van der Waals surface area (Å²) in [6, 6.07) is 0.491. The lowest BCUT2D eigenvalue weighted by atomic mass is 10.4.